The van der Waals surface area contributed by atoms with Crippen molar-refractivity contribution in [2.75, 3.05) is 0 Å². The molecule has 7 heteroatoms. The summed E-state index contributed by atoms with van der Waals surface area (Å²) >= 11 is 0. The highest BCUT2D eigenvalue weighted by molar-refractivity contribution is 5.56. The Kier molecular flexibility index (Phi) is 2.57. The van der Waals surface area contributed by atoms with Crippen LogP contribution in [0.4, 0.5) is 0 Å². The van der Waals surface area contributed by atoms with Gasteiger partial charge < -0.3 is 14.8 Å². The molecule has 0 aliphatic heterocycles. The second kappa shape index (κ2) is 4.37. The van der Waals surface area contributed by atoms with Gasteiger partial charge in [-0.1, -0.05) is 0 Å². The van der Waals surface area contributed by atoms with Crippen LogP contribution >= 0.6 is 0 Å². The number of hydrogen-bond acceptors (Lipinski definition) is 5. The molecule has 3 rings (SSSR count). The minimum absolute atomic E-state index is 0.314. The fraction of sp³-hybridized carbons (Fsp3) is 0. The molecule has 0 amide bonds. The molecule has 0 aliphatic rings. The molecule has 0 aromatic carbocycles. The Balaban J connectivity index is 1.95. The van der Waals surface area contributed by atoms with Crippen LogP contribution in [0.1, 0.15) is 0 Å². The molecule has 0 atom stereocenters. The molecule has 0 aliphatic carbocycles. The van der Waals surface area contributed by atoms with Crippen LogP contribution in [0.3, 0.4) is 0 Å². The first-order valence-corrected chi connectivity index (χ1v) is 5.44. The minimum atomic E-state index is 0.314. The zero-order valence-electron chi connectivity index (χ0n) is 9.63. The molecule has 0 radical (unpaired) electrons. The summed E-state index contributed by atoms with van der Waals surface area (Å²) in [5.74, 6) is 0.629. The van der Waals surface area contributed by atoms with E-state index in [1.54, 1.807) is 24.3 Å². The quantitative estimate of drug-likeness (QED) is 0.496. The average Bonchev–Trinajstić information content (AvgIpc) is 2.90. The van der Waals surface area contributed by atoms with E-state index in [1.165, 1.54) is 24.8 Å². The van der Waals surface area contributed by atoms with Gasteiger partial charge in [0, 0.05) is 24.3 Å². The molecule has 3 aromatic rings. The second-order valence-corrected chi connectivity index (χ2v) is 3.81. The van der Waals surface area contributed by atoms with E-state index >= 15 is 0 Å². The zero-order chi connectivity index (χ0) is 13.2. The summed E-state index contributed by atoms with van der Waals surface area (Å²) in [6.07, 6.45) is 5.40. The van der Waals surface area contributed by atoms with E-state index in [0.29, 0.717) is 32.4 Å². The maximum atomic E-state index is 10.9. The number of nitrogens with zero attached hydrogens (tertiary/aromatic N) is 4. The SMILES string of the molecule is [O-][n+]1ccc(-c2nnc(-c3cc[n+]([O-])cc3)o2)cc1. The van der Waals surface area contributed by atoms with Crippen molar-refractivity contribution in [3.8, 4) is 22.9 Å². The van der Waals surface area contributed by atoms with Crippen molar-refractivity contribution in [3.05, 3.63) is 59.5 Å². The topological polar surface area (TPSA) is 92.8 Å². The summed E-state index contributed by atoms with van der Waals surface area (Å²) in [7, 11) is 0. The van der Waals surface area contributed by atoms with Gasteiger partial charge in [-0.2, -0.15) is 9.46 Å². The number of pyridine rings is 2. The van der Waals surface area contributed by atoms with Gasteiger partial charge in [-0.3, -0.25) is 0 Å². The smallest absolute Gasteiger partial charge is 0.248 e. The average molecular weight is 256 g/mol. The minimum Gasteiger partial charge on any atom is -0.619 e. The van der Waals surface area contributed by atoms with Crippen molar-refractivity contribution in [1.29, 1.82) is 0 Å². The molecule has 0 saturated heterocycles. The summed E-state index contributed by atoms with van der Waals surface area (Å²) in [4.78, 5) is 0. The third-order valence-corrected chi connectivity index (χ3v) is 2.52. The molecule has 3 aromatic heterocycles. The van der Waals surface area contributed by atoms with E-state index < -0.39 is 0 Å². The maximum absolute atomic E-state index is 10.9. The summed E-state index contributed by atoms with van der Waals surface area (Å²) < 4.78 is 6.83. The Morgan fingerprint density at radius 2 is 1.11 bits per heavy atom. The lowest BCUT2D eigenvalue weighted by Crippen LogP contribution is -2.23. The van der Waals surface area contributed by atoms with Gasteiger partial charge in [0.1, 0.15) is 0 Å². The molecule has 7 nitrogen and oxygen atoms in total. The summed E-state index contributed by atoms with van der Waals surface area (Å²) in [6, 6.07) is 6.34. The molecule has 94 valence electrons. The molecule has 0 bridgehead atoms. The Hall–Kier alpha value is -2.96. The van der Waals surface area contributed by atoms with E-state index in [-0.39, 0.29) is 0 Å². The molecule has 0 unspecified atom stereocenters. The third-order valence-electron chi connectivity index (χ3n) is 2.52. The van der Waals surface area contributed by atoms with E-state index in [9.17, 15) is 10.4 Å². The Labute approximate surface area is 107 Å². The highest BCUT2D eigenvalue weighted by atomic mass is 16.5. The van der Waals surface area contributed by atoms with Crippen LogP contribution in [-0.2, 0) is 0 Å². The van der Waals surface area contributed by atoms with Crippen molar-refractivity contribution in [2.45, 2.75) is 0 Å². The molecule has 0 spiro atoms. The van der Waals surface area contributed by atoms with Crippen molar-refractivity contribution in [3.63, 3.8) is 0 Å². The van der Waals surface area contributed by atoms with E-state index in [0.717, 1.165) is 0 Å². The third kappa shape index (κ3) is 2.21. The summed E-state index contributed by atoms with van der Waals surface area (Å²) in [6.45, 7) is 0. The lowest BCUT2D eigenvalue weighted by atomic mass is 10.3. The predicted molar refractivity (Wildman–Crippen MR) is 63.1 cm³/mol. The maximum Gasteiger partial charge on any atom is 0.248 e. The van der Waals surface area contributed by atoms with Crippen LogP contribution in [0.25, 0.3) is 22.9 Å². The second-order valence-electron chi connectivity index (χ2n) is 3.81. The monoisotopic (exact) mass is 256 g/mol. The highest BCUT2D eigenvalue weighted by Gasteiger charge is 2.11. The fourth-order valence-corrected chi connectivity index (χ4v) is 1.57. The Bertz CT molecular complexity index is 632. The van der Waals surface area contributed by atoms with Crippen LogP contribution in [0.2, 0.25) is 0 Å². The van der Waals surface area contributed by atoms with E-state index in [2.05, 4.69) is 10.2 Å². The van der Waals surface area contributed by atoms with Crippen molar-refractivity contribution < 1.29 is 13.9 Å². The van der Waals surface area contributed by atoms with Crippen LogP contribution in [-0.4, -0.2) is 10.2 Å². The lowest BCUT2D eigenvalue weighted by molar-refractivity contribution is -0.605. The van der Waals surface area contributed by atoms with Crippen molar-refractivity contribution in [2.24, 2.45) is 0 Å². The van der Waals surface area contributed by atoms with Gasteiger partial charge in [-0.25, -0.2) is 0 Å². The molecule has 19 heavy (non-hydrogen) atoms. The number of hydrogen-bond donors (Lipinski definition) is 0. The van der Waals surface area contributed by atoms with Gasteiger partial charge in [-0.15, -0.1) is 10.2 Å². The van der Waals surface area contributed by atoms with E-state index in [4.69, 9.17) is 4.42 Å². The van der Waals surface area contributed by atoms with Crippen molar-refractivity contribution in [1.82, 2.24) is 10.2 Å². The van der Waals surface area contributed by atoms with Gasteiger partial charge in [0.05, 0.1) is 11.1 Å². The molecule has 0 saturated carbocycles. The molecular formula is C12H8N4O3. The first-order chi connectivity index (χ1) is 9.22. The first-order valence-electron chi connectivity index (χ1n) is 5.44. The lowest BCUT2D eigenvalue weighted by Gasteiger charge is -1.96. The molecular weight excluding hydrogens is 248 g/mol. The highest BCUT2D eigenvalue weighted by Crippen LogP contribution is 2.22. The van der Waals surface area contributed by atoms with Gasteiger partial charge in [0.2, 0.25) is 11.8 Å². The number of rotatable bonds is 2. The number of aromatic nitrogens is 4. The molecule has 0 fully saturated rings. The van der Waals surface area contributed by atoms with Crippen LogP contribution in [0, 0.1) is 10.4 Å². The molecule has 3 heterocycles. The Morgan fingerprint density at radius 1 is 0.737 bits per heavy atom. The largest absolute Gasteiger partial charge is 0.619 e. The summed E-state index contributed by atoms with van der Waals surface area (Å²) in [5, 5.41) is 29.7. The standard InChI is InChI=1S/C12H8N4O3/c17-15-5-1-9(2-6-15)11-13-14-12(19-11)10-3-7-16(18)8-4-10/h1-8H. The van der Waals surface area contributed by atoms with Crippen LogP contribution in [0.15, 0.2) is 53.5 Å². The van der Waals surface area contributed by atoms with E-state index in [1.807, 2.05) is 0 Å². The van der Waals surface area contributed by atoms with Gasteiger partial charge >= 0.3 is 0 Å². The zero-order valence-corrected chi connectivity index (χ0v) is 9.63. The van der Waals surface area contributed by atoms with Gasteiger partial charge in [0.25, 0.3) is 0 Å². The fourth-order valence-electron chi connectivity index (χ4n) is 1.57. The van der Waals surface area contributed by atoms with Gasteiger partial charge in [-0.05, 0) is 0 Å². The van der Waals surface area contributed by atoms with Crippen LogP contribution in [0.5, 0.6) is 0 Å². The first kappa shape index (κ1) is 11.1. The normalized spacial score (nSPS) is 10.5. The van der Waals surface area contributed by atoms with Crippen LogP contribution < -0.4 is 9.46 Å². The van der Waals surface area contributed by atoms with Gasteiger partial charge in [0.15, 0.2) is 24.8 Å². The predicted octanol–water partition coefficient (Wildman–Crippen LogP) is 0.670. The Morgan fingerprint density at radius 3 is 1.47 bits per heavy atom. The van der Waals surface area contributed by atoms with Crippen molar-refractivity contribution >= 4 is 0 Å². The molecule has 0 N–H and O–H groups in total. The summed E-state index contributed by atoms with van der Waals surface area (Å²) in [5.41, 5.74) is 1.31.